The third-order valence-electron chi connectivity index (χ3n) is 2.16. The molecule has 0 aliphatic carbocycles. The van der Waals surface area contributed by atoms with Crippen molar-refractivity contribution in [2.75, 3.05) is 6.54 Å². The molecule has 1 aromatic heterocycles. The van der Waals surface area contributed by atoms with Gasteiger partial charge in [0.25, 0.3) is 0 Å². The molecule has 0 saturated heterocycles. The van der Waals surface area contributed by atoms with Crippen LogP contribution in [0.4, 0.5) is 0 Å². The van der Waals surface area contributed by atoms with Gasteiger partial charge in [0, 0.05) is 23.0 Å². The predicted molar refractivity (Wildman–Crippen MR) is 62.1 cm³/mol. The minimum atomic E-state index is -0.941. The quantitative estimate of drug-likeness (QED) is 0.731. The van der Waals surface area contributed by atoms with Gasteiger partial charge in [-0.2, -0.15) is 0 Å². The van der Waals surface area contributed by atoms with Crippen LogP contribution in [-0.4, -0.2) is 17.6 Å². The second-order valence-corrected chi connectivity index (χ2v) is 4.25. The van der Waals surface area contributed by atoms with Crippen molar-refractivity contribution in [2.45, 2.75) is 19.4 Å². The Hall–Kier alpha value is -1.13. The first-order valence-electron chi connectivity index (χ1n) is 4.83. The van der Waals surface area contributed by atoms with Crippen LogP contribution in [0.25, 0.3) is 0 Å². The average molecular weight is 225 g/mol. The molecule has 2 N–H and O–H groups in total. The summed E-state index contributed by atoms with van der Waals surface area (Å²) in [5.74, 6) is -0.941. The van der Waals surface area contributed by atoms with E-state index in [1.165, 1.54) is 4.88 Å². The summed E-state index contributed by atoms with van der Waals surface area (Å²) in [6.07, 6.45) is 0.938. The summed E-state index contributed by atoms with van der Waals surface area (Å²) >= 11 is 1.68. The Morgan fingerprint density at radius 3 is 2.93 bits per heavy atom. The molecule has 3 nitrogen and oxygen atoms in total. The van der Waals surface area contributed by atoms with Crippen molar-refractivity contribution in [1.82, 2.24) is 5.32 Å². The fourth-order valence-corrected chi connectivity index (χ4v) is 2.14. The molecule has 4 heteroatoms. The highest BCUT2D eigenvalue weighted by Crippen LogP contribution is 2.21. The number of carboxylic acid groups (broad SMARTS) is 1. The van der Waals surface area contributed by atoms with Gasteiger partial charge in [-0.15, -0.1) is 11.3 Å². The molecule has 0 aliphatic heterocycles. The molecule has 0 fully saturated rings. The smallest absolute Gasteiger partial charge is 0.332 e. The van der Waals surface area contributed by atoms with Crippen molar-refractivity contribution in [3.8, 4) is 0 Å². The Balaban J connectivity index is 2.49. The van der Waals surface area contributed by atoms with Gasteiger partial charge in [0.05, 0.1) is 0 Å². The zero-order valence-corrected chi connectivity index (χ0v) is 9.51. The third kappa shape index (κ3) is 3.49. The van der Waals surface area contributed by atoms with E-state index in [1.807, 2.05) is 11.4 Å². The normalized spacial score (nSPS) is 12.3. The highest BCUT2D eigenvalue weighted by atomic mass is 32.1. The molecule has 1 heterocycles. The number of aliphatic carboxylic acids is 1. The van der Waals surface area contributed by atoms with E-state index in [4.69, 9.17) is 5.11 Å². The van der Waals surface area contributed by atoms with E-state index in [0.717, 1.165) is 6.42 Å². The highest BCUT2D eigenvalue weighted by molar-refractivity contribution is 7.10. The molecular formula is C11H15NO2S. The number of carbonyl (C=O) groups is 1. The number of nitrogens with one attached hydrogen (secondary N) is 1. The van der Waals surface area contributed by atoms with Gasteiger partial charge in [0.2, 0.25) is 0 Å². The molecular weight excluding hydrogens is 210 g/mol. The lowest BCUT2D eigenvalue weighted by Gasteiger charge is -2.15. The lowest BCUT2D eigenvalue weighted by atomic mass is 10.2. The van der Waals surface area contributed by atoms with E-state index >= 15 is 0 Å². The molecule has 1 unspecified atom stereocenters. The van der Waals surface area contributed by atoms with Gasteiger partial charge in [0.15, 0.2) is 0 Å². The lowest BCUT2D eigenvalue weighted by Crippen LogP contribution is -2.24. The van der Waals surface area contributed by atoms with Gasteiger partial charge in [-0.25, -0.2) is 4.79 Å². The highest BCUT2D eigenvalue weighted by Gasteiger charge is 2.11. The van der Waals surface area contributed by atoms with Gasteiger partial charge in [-0.1, -0.05) is 19.6 Å². The Kier molecular flexibility index (Phi) is 4.52. The molecule has 0 spiro atoms. The number of hydrogen-bond acceptors (Lipinski definition) is 3. The Morgan fingerprint density at radius 1 is 1.73 bits per heavy atom. The standard InChI is InChI=1S/C11H15NO2S/c1-3-9(10-5-4-6-15-10)12-7-8(2)11(13)14/h4-6,9,12H,2-3,7H2,1H3,(H,13,14). The van der Waals surface area contributed by atoms with Gasteiger partial charge in [-0.05, 0) is 17.9 Å². The predicted octanol–water partition coefficient (Wildman–Crippen LogP) is 2.43. The number of rotatable bonds is 6. The van der Waals surface area contributed by atoms with Crippen LogP contribution in [0.1, 0.15) is 24.3 Å². The molecule has 0 bridgehead atoms. The van der Waals surface area contributed by atoms with Crippen molar-refractivity contribution >= 4 is 17.3 Å². The Bertz CT molecular complexity index is 332. The fraction of sp³-hybridized carbons (Fsp3) is 0.364. The van der Waals surface area contributed by atoms with Gasteiger partial charge >= 0.3 is 5.97 Å². The maximum Gasteiger partial charge on any atom is 0.332 e. The van der Waals surface area contributed by atoms with Crippen molar-refractivity contribution in [1.29, 1.82) is 0 Å². The molecule has 1 atom stereocenters. The first kappa shape index (κ1) is 11.9. The zero-order valence-electron chi connectivity index (χ0n) is 8.69. The summed E-state index contributed by atoms with van der Waals surface area (Å²) in [6.45, 7) is 5.88. The Morgan fingerprint density at radius 2 is 2.47 bits per heavy atom. The second-order valence-electron chi connectivity index (χ2n) is 3.27. The monoisotopic (exact) mass is 225 g/mol. The molecule has 0 amide bonds. The zero-order chi connectivity index (χ0) is 11.3. The van der Waals surface area contributed by atoms with Crippen molar-refractivity contribution in [3.05, 3.63) is 34.5 Å². The molecule has 15 heavy (non-hydrogen) atoms. The summed E-state index contributed by atoms with van der Waals surface area (Å²) in [5.41, 5.74) is 0.199. The minimum Gasteiger partial charge on any atom is -0.478 e. The van der Waals surface area contributed by atoms with E-state index in [-0.39, 0.29) is 11.6 Å². The van der Waals surface area contributed by atoms with Crippen LogP contribution in [0.3, 0.4) is 0 Å². The van der Waals surface area contributed by atoms with Crippen LogP contribution in [0.15, 0.2) is 29.7 Å². The van der Waals surface area contributed by atoms with Crippen LogP contribution >= 0.6 is 11.3 Å². The molecule has 82 valence electrons. The van der Waals surface area contributed by atoms with Crippen molar-refractivity contribution in [3.63, 3.8) is 0 Å². The SMILES string of the molecule is C=C(CNC(CC)c1cccs1)C(=O)O. The summed E-state index contributed by atoms with van der Waals surface area (Å²) in [5, 5.41) is 13.9. The van der Waals surface area contributed by atoms with Gasteiger partial charge in [0.1, 0.15) is 0 Å². The topological polar surface area (TPSA) is 49.3 Å². The Labute approximate surface area is 93.4 Å². The lowest BCUT2D eigenvalue weighted by molar-refractivity contribution is -0.132. The first-order valence-corrected chi connectivity index (χ1v) is 5.71. The average Bonchev–Trinajstić information content (AvgIpc) is 2.71. The first-order chi connectivity index (χ1) is 7.15. The third-order valence-corrected chi connectivity index (χ3v) is 3.15. The number of hydrogen-bond donors (Lipinski definition) is 2. The molecule has 0 aromatic carbocycles. The fourth-order valence-electron chi connectivity index (χ4n) is 1.26. The largest absolute Gasteiger partial charge is 0.478 e. The minimum absolute atomic E-state index is 0.199. The molecule has 1 rings (SSSR count). The van der Waals surface area contributed by atoms with Gasteiger partial charge in [-0.3, -0.25) is 0 Å². The summed E-state index contributed by atoms with van der Waals surface area (Å²) in [4.78, 5) is 11.8. The maximum atomic E-state index is 10.5. The van der Waals surface area contributed by atoms with Crippen LogP contribution in [0, 0.1) is 0 Å². The van der Waals surface area contributed by atoms with E-state index < -0.39 is 5.97 Å². The van der Waals surface area contributed by atoms with Crippen molar-refractivity contribution in [2.24, 2.45) is 0 Å². The van der Waals surface area contributed by atoms with Crippen LogP contribution in [0.5, 0.6) is 0 Å². The van der Waals surface area contributed by atoms with Crippen LogP contribution in [0.2, 0.25) is 0 Å². The molecule has 0 radical (unpaired) electrons. The second kappa shape index (κ2) is 5.68. The summed E-state index contributed by atoms with van der Waals surface area (Å²) in [7, 11) is 0. The van der Waals surface area contributed by atoms with Crippen LogP contribution in [-0.2, 0) is 4.79 Å². The van der Waals surface area contributed by atoms with E-state index in [1.54, 1.807) is 11.3 Å². The van der Waals surface area contributed by atoms with E-state index in [9.17, 15) is 4.79 Å². The summed E-state index contributed by atoms with van der Waals surface area (Å²) < 4.78 is 0. The number of thiophene rings is 1. The molecule has 1 aromatic rings. The maximum absolute atomic E-state index is 10.5. The van der Waals surface area contributed by atoms with E-state index in [0.29, 0.717) is 6.54 Å². The molecule has 0 aliphatic rings. The summed E-state index contributed by atoms with van der Waals surface area (Å²) in [6, 6.07) is 4.27. The van der Waals surface area contributed by atoms with Crippen molar-refractivity contribution < 1.29 is 9.90 Å². The van der Waals surface area contributed by atoms with Crippen LogP contribution < -0.4 is 5.32 Å². The van der Waals surface area contributed by atoms with Gasteiger partial charge < -0.3 is 10.4 Å². The molecule has 0 saturated carbocycles. The number of carboxylic acids is 1. The van der Waals surface area contributed by atoms with E-state index in [2.05, 4.69) is 24.9 Å².